The van der Waals surface area contributed by atoms with Crippen LogP contribution in [0.2, 0.25) is 0 Å². The Kier molecular flexibility index (Phi) is 8.02. The molecule has 0 amide bonds. The van der Waals surface area contributed by atoms with Gasteiger partial charge < -0.3 is 4.42 Å². The van der Waals surface area contributed by atoms with Crippen molar-refractivity contribution in [3.05, 3.63) is 240 Å². The highest BCUT2D eigenvalue weighted by atomic mass is 16.3. The monoisotopic (exact) mass is 778 g/mol. The quantitative estimate of drug-likeness (QED) is 0.153. The first-order valence-electron chi connectivity index (χ1n) is 21.4. The first-order chi connectivity index (χ1) is 30.0. The molecule has 1 heteroatoms. The zero-order valence-corrected chi connectivity index (χ0v) is 34.2. The van der Waals surface area contributed by atoms with Gasteiger partial charge in [-0.05, 0) is 107 Å². The molecule has 0 saturated carbocycles. The lowest BCUT2D eigenvalue weighted by atomic mass is 9.78. The molecule has 1 aromatic heterocycles. The Bertz CT molecular complexity index is 3470. The number of furan rings is 1. The Balaban J connectivity index is 0.956. The summed E-state index contributed by atoms with van der Waals surface area (Å²) in [6.07, 6.45) is 0. The van der Waals surface area contributed by atoms with Crippen molar-refractivity contribution in [3.8, 4) is 44.5 Å². The normalized spacial score (nSPS) is 13.5. The molecule has 1 atom stereocenters. The Morgan fingerprint density at radius 2 is 0.902 bits per heavy atom. The van der Waals surface area contributed by atoms with Gasteiger partial charge >= 0.3 is 0 Å². The van der Waals surface area contributed by atoms with Crippen LogP contribution in [0.15, 0.2) is 217 Å². The van der Waals surface area contributed by atoms with Crippen LogP contribution >= 0.6 is 0 Å². The van der Waals surface area contributed by atoms with Crippen molar-refractivity contribution in [2.45, 2.75) is 25.2 Å². The van der Waals surface area contributed by atoms with Crippen molar-refractivity contribution >= 4 is 43.5 Å². The molecule has 1 nitrogen and oxygen atoms in total. The largest absolute Gasteiger partial charge is 0.455 e. The van der Waals surface area contributed by atoms with E-state index in [0.29, 0.717) is 0 Å². The van der Waals surface area contributed by atoms with Crippen molar-refractivity contribution in [2.24, 2.45) is 0 Å². The van der Waals surface area contributed by atoms with Gasteiger partial charge in [0.2, 0.25) is 0 Å². The van der Waals surface area contributed by atoms with Crippen LogP contribution in [0.25, 0.3) is 88.0 Å². The molecule has 12 rings (SSSR count). The van der Waals surface area contributed by atoms with Gasteiger partial charge in [-0.15, -0.1) is 0 Å². The second-order valence-corrected chi connectivity index (χ2v) is 17.2. The maximum Gasteiger partial charge on any atom is 0.143 e. The highest BCUT2D eigenvalue weighted by Gasteiger charge is 2.37. The molecule has 0 N–H and O–H groups in total. The highest BCUT2D eigenvalue weighted by Crippen LogP contribution is 2.52. The van der Waals surface area contributed by atoms with E-state index in [-0.39, 0.29) is 11.3 Å². The lowest BCUT2D eigenvalue weighted by Crippen LogP contribution is -2.16. The maximum atomic E-state index is 6.47. The van der Waals surface area contributed by atoms with E-state index in [1.807, 2.05) is 6.07 Å². The van der Waals surface area contributed by atoms with E-state index in [1.165, 1.54) is 88.5 Å². The van der Waals surface area contributed by atoms with Crippen LogP contribution in [0.5, 0.6) is 0 Å². The highest BCUT2D eigenvalue weighted by molar-refractivity contribution is 6.19. The Morgan fingerprint density at radius 3 is 1.66 bits per heavy atom. The summed E-state index contributed by atoms with van der Waals surface area (Å²) in [7, 11) is 0. The lowest BCUT2D eigenvalue weighted by molar-refractivity contribution is 0.659. The summed E-state index contributed by atoms with van der Waals surface area (Å²) in [6.45, 7) is 4.81. The third-order valence-corrected chi connectivity index (χ3v) is 13.4. The molecule has 1 aliphatic carbocycles. The minimum absolute atomic E-state index is 0.0452. The van der Waals surface area contributed by atoms with Crippen LogP contribution in [0.3, 0.4) is 0 Å². The number of fused-ring (bicyclic) bond motifs is 9. The third-order valence-electron chi connectivity index (χ3n) is 13.4. The Labute approximate surface area is 356 Å². The van der Waals surface area contributed by atoms with Crippen LogP contribution in [0.4, 0.5) is 0 Å². The van der Waals surface area contributed by atoms with Crippen LogP contribution in [0.1, 0.15) is 47.6 Å². The fourth-order valence-corrected chi connectivity index (χ4v) is 10.3. The van der Waals surface area contributed by atoms with Crippen LogP contribution in [-0.4, -0.2) is 0 Å². The summed E-state index contributed by atoms with van der Waals surface area (Å²) in [5.74, 6) is 0.0452. The molecule has 0 aliphatic heterocycles. The molecule has 0 saturated heterocycles. The molecule has 0 bridgehead atoms. The summed E-state index contributed by atoms with van der Waals surface area (Å²) in [5, 5.41) is 7.21. The van der Waals surface area contributed by atoms with Gasteiger partial charge in [-0.3, -0.25) is 0 Å². The molecule has 0 fully saturated rings. The minimum Gasteiger partial charge on any atom is -0.455 e. The van der Waals surface area contributed by atoms with Crippen LogP contribution in [0, 0.1) is 0 Å². The summed E-state index contributed by atoms with van der Waals surface area (Å²) in [5.41, 5.74) is 18.3. The number of para-hydroxylation sites is 1. The average Bonchev–Trinajstić information content (AvgIpc) is 3.81. The third kappa shape index (κ3) is 5.69. The zero-order chi connectivity index (χ0) is 40.7. The standard InChI is InChI=1S/C60H42O/c1-60(2)55-35-44(53-37-54-50-19-10-11-22-57(50)61-59(54)52-20-9-8-18-47(52)53)31-33-48(55)49-34-32-45(36-56(49)60)58(51-21-12-16-42-15-6-7-17-46(42)51)43-29-27-41(28-30-43)40-25-23-39(24-26-40)38-13-4-3-5-14-38/h3-37,58H,1-2H3. The number of hydrogen-bond donors (Lipinski definition) is 0. The van der Waals surface area contributed by atoms with Crippen molar-refractivity contribution < 1.29 is 4.42 Å². The second kappa shape index (κ2) is 13.8. The maximum absolute atomic E-state index is 6.47. The molecule has 61 heavy (non-hydrogen) atoms. The van der Waals surface area contributed by atoms with Gasteiger partial charge in [-0.25, -0.2) is 0 Å². The number of benzene rings is 10. The van der Waals surface area contributed by atoms with E-state index in [4.69, 9.17) is 4.42 Å². The van der Waals surface area contributed by atoms with Gasteiger partial charge in [0.05, 0.1) is 0 Å². The SMILES string of the molecule is CC1(C)c2cc(-c3cc4c5ccccc5oc4c4ccccc34)ccc2-c2ccc(C(c3ccc(-c4ccc(-c5ccccc5)cc4)cc3)c3cccc4ccccc34)cc21. The molecule has 0 radical (unpaired) electrons. The predicted molar refractivity (Wildman–Crippen MR) is 256 cm³/mol. The van der Waals surface area contributed by atoms with E-state index in [9.17, 15) is 0 Å². The van der Waals surface area contributed by atoms with E-state index in [2.05, 4.69) is 220 Å². The van der Waals surface area contributed by atoms with Crippen LogP contribution < -0.4 is 0 Å². The van der Waals surface area contributed by atoms with Gasteiger partial charge in [-0.1, -0.05) is 208 Å². The molecule has 1 aliphatic rings. The molecule has 0 spiro atoms. The molecule has 10 aromatic carbocycles. The zero-order valence-electron chi connectivity index (χ0n) is 34.2. The van der Waals surface area contributed by atoms with Crippen molar-refractivity contribution in [1.29, 1.82) is 0 Å². The minimum atomic E-state index is -0.210. The summed E-state index contributed by atoms with van der Waals surface area (Å²) < 4.78 is 6.47. The van der Waals surface area contributed by atoms with Crippen molar-refractivity contribution in [1.82, 2.24) is 0 Å². The first kappa shape index (κ1) is 35.5. The van der Waals surface area contributed by atoms with Gasteiger partial charge in [0, 0.05) is 27.5 Å². The van der Waals surface area contributed by atoms with Crippen LogP contribution in [-0.2, 0) is 5.41 Å². The topological polar surface area (TPSA) is 13.1 Å². The fraction of sp³-hybridized carbons (Fsp3) is 0.0667. The molecular weight excluding hydrogens is 737 g/mol. The van der Waals surface area contributed by atoms with E-state index >= 15 is 0 Å². The lowest BCUT2D eigenvalue weighted by Gasteiger charge is -2.25. The van der Waals surface area contributed by atoms with Crippen molar-refractivity contribution in [3.63, 3.8) is 0 Å². The Hall–Kier alpha value is -7.48. The molecular formula is C60H42O. The molecule has 1 heterocycles. The summed E-state index contributed by atoms with van der Waals surface area (Å²) in [4.78, 5) is 0. The van der Waals surface area contributed by atoms with Gasteiger partial charge in [0.1, 0.15) is 11.2 Å². The Morgan fingerprint density at radius 1 is 0.361 bits per heavy atom. The van der Waals surface area contributed by atoms with Gasteiger partial charge in [0.25, 0.3) is 0 Å². The van der Waals surface area contributed by atoms with E-state index in [0.717, 1.165) is 27.3 Å². The molecule has 288 valence electrons. The van der Waals surface area contributed by atoms with Crippen molar-refractivity contribution in [2.75, 3.05) is 0 Å². The molecule has 1 unspecified atom stereocenters. The summed E-state index contributed by atoms with van der Waals surface area (Å²) >= 11 is 0. The first-order valence-corrected chi connectivity index (χ1v) is 21.4. The van der Waals surface area contributed by atoms with E-state index in [1.54, 1.807) is 0 Å². The predicted octanol–water partition coefficient (Wildman–Crippen LogP) is 16.4. The number of hydrogen-bond acceptors (Lipinski definition) is 1. The number of rotatable bonds is 6. The fourth-order valence-electron chi connectivity index (χ4n) is 10.3. The smallest absolute Gasteiger partial charge is 0.143 e. The molecule has 11 aromatic rings. The summed E-state index contributed by atoms with van der Waals surface area (Å²) in [6, 6.07) is 78.2. The van der Waals surface area contributed by atoms with Gasteiger partial charge in [0.15, 0.2) is 0 Å². The second-order valence-electron chi connectivity index (χ2n) is 17.2. The average molecular weight is 779 g/mol. The van der Waals surface area contributed by atoms with Gasteiger partial charge in [-0.2, -0.15) is 0 Å². The van der Waals surface area contributed by atoms with E-state index < -0.39 is 0 Å².